The van der Waals surface area contributed by atoms with Crippen LogP contribution < -0.4 is 5.32 Å². The minimum absolute atomic E-state index is 0.400. The van der Waals surface area contributed by atoms with Crippen molar-refractivity contribution < 1.29 is 0 Å². The summed E-state index contributed by atoms with van der Waals surface area (Å²) in [5, 5.41) is 3.39. The van der Waals surface area contributed by atoms with Gasteiger partial charge in [-0.1, -0.05) is 34.6 Å². The summed E-state index contributed by atoms with van der Waals surface area (Å²) in [6, 6.07) is 0. The van der Waals surface area contributed by atoms with Crippen LogP contribution in [-0.4, -0.2) is 16.5 Å². The van der Waals surface area contributed by atoms with Crippen LogP contribution in [-0.2, 0) is 6.42 Å². The van der Waals surface area contributed by atoms with Gasteiger partial charge in [-0.2, -0.15) is 0 Å². The predicted octanol–water partition coefficient (Wildman–Crippen LogP) is 4.77. The number of nitrogens with one attached hydrogen (secondary N) is 1. The number of hydrogen-bond acceptors (Lipinski definition) is 3. The monoisotopic (exact) mass is 327 g/mol. The van der Waals surface area contributed by atoms with Crippen LogP contribution in [0.15, 0.2) is 4.47 Å². The lowest BCUT2D eigenvalue weighted by Gasteiger charge is -2.15. The van der Waals surface area contributed by atoms with E-state index in [1.165, 1.54) is 0 Å². The van der Waals surface area contributed by atoms with Gasteiger partial charge in [-0.05, 0) is 40.6 Å². The van der Waals surface area contributed by atoms with Gasteiger partial charge < -0.3 is 5.32 Å². The van der Waals surface area contributed by atoms with Gasteiger partial charge in [-0.25, -0.2) is 9.97 Å². The molecule has 108 valence electrons. The SMILES string of the molecule is CCCNc1nc(CCC(C)C)nc(C(C)C)c1Br. The smallest absolute Gasteiger partial charge is 0.144 e. The molecular formula is C15H26BrN3. The summed E-state index contributed by atoms with van der Waals surface area (Å²) in [4.78, 5) is 9.37. The molecule has 0 aliphatic carbocycles. The highest BCUT2D eigenvalue weighted by molar-refractivity contribution is 9.10. The Kier molecular flexibility index (Phi) is 6.76. The minimum atomic E-state index is 0.400. The van der Waals surface area contributed by atoms with Gasteiger partial charge in [0, 0.05) is 13.0 Å². The maximum absolute atomic E-state index is 4.71. The fourth-order valence-corrected chi connectivity index (χ4v) is 2.56. The number of halogens is 1. The molecule has 0 radical (unpaired) electrons. The number of nitrogens with zero attached hydrogens (tertiary/aromatic N) is 2. The van der Waals surface area contributed by atoms with Crippen molar-refractivity contribution in [2.24, 2.45) is 5.92 Å². The molecule has 0 aromatic carbocycles. The Morgan fingerprint density at radius 3 is 2.37 bits per heavy atom. The third kappa shape index (κ3) is 5.09. The molecule has 1 rings (SSSR count). The number of aryl methyl sites for hydroxylation is 1. The number of aromatic nitrogens is 2. The Labute approximate surface area is 125 Å². The van der Waals surface area contributed by atoms with Gasteiger partial charge >= 0.3 is 0 Å². The number of hydrogen-bond donors (Lipinski definition) is 1. The highest BCUT2D eigenvalue weighted by atomic mass is 79.9. The molecule has 0 saturated heterocycles. The first-order valence-corrected chi connectivity index (χ1v) is 8.05. The molecular weight excluding hydrogens is 302 g/mol. The minimum Gasteiger partial charge on any atom is -0.369 e. The first-order chi connectivity index (χ1) is 8.95. The summed E-state index contributed by atoms with van der Waals surface area (Å²) in [7, 11) is 0. The Bertz CT molecular complexity index is 403. The van der Waals surface area contributed by atoms with E-state index in [-0.39, 0.29) is 0 Å². The summed E-state index contributed by atoms with van der Waals surface area (Å²) in [6.07, 6.45) is 3.17. The third-order valence-electron chi connectivity index (χ3n) is 2.96. The standard InChI is InChI=1S/C15H26BrN3/c1-6-9-17-15-13(16)14(11(4)5)18-12(19-15)8-7-10(2)3/h10-11H,6-9H2,1-5H3,(H,17,18,19). The lowest BCUT2D eigenvalue weighted by Crippen LogP contribution is -2.10. The molecule has 19 heavy (non-hydrogen) atoms. The number of anilines is 1. The molecule has 3 nitrogen and oxygen atoms in total. The Balaban J connectivity index is 3.00. The van der Waals surface area contributed by atoms with Gasteiger partial charge in [0.1, 0.15) is 11.6 Å². The van der Waals surface area contributed by atoms with Crippen LogP contribution in [0.4, 0.5) is 5.82 Å². The van der Waals surface area contributed by atoms with Crippen molar-refractivity contribution in [2.75, 3.05) is 11.9 Å². The molecule has 0 spiro atoms. The molecule has 4 heteroatoms. The molecule has 0 aliphatic rings. The highest BCUT2D eigenvalue weighted by Gasteiger charge is 2.14. The maximum atomic E-state index is 4.71. The van der Waals surface area contributed by atoms with E-state index in [9.17, 15) is 0 Å². The topological polar surface area (TPSA) is 37.8 Å². The Morgan fingerprint density at radius 1 is 1.16 bits per heavy atom. The van der Waals surface area contributed by atoms with E-state index in [1.807, 2.05) is 0 Å². The van der Waals surface area contributed by atoms with Crippen LogP contribution in [0.2, 0.25) is 0 Å². The molecule has 0 aliphatic heterocycles. The van der Waals surface area contributed by atoms with Crippen LogP contribution in [0.3, 0.4) is 0 Å². The normalized spacial score (nSPS) is 11.4. The second-order valence-corrected chi connectivity index (χ2v) is 6.49. The van der Waals surface area contributed by atoms with Gasteiger partial charge in [0.25, 0.3) is 0 Å². The molecule has 1 aromatic heterocycles. The van der Waals surface area contributed by atoms with Crippen LogP contribution in [0, 0.1) is 5.92 Å². The van der Waals surface area contributed by atoms with E-state index >= 15 is 0 Å². The molecule has 0 amide bonds. The summed E-state index contributed by atoms with van der Waals surface area (Å²) in [5.74, 6) is 2.98. The molecule has 0 fully saturated rings. The molecule has 0 unspecified atom stereocenters. The van der Waals surface area contributed by atoms with Crippen molar-refractivity contribution in [1.29, 1.82) is 0 Å². The van der Waals surface area contributed by atoms with E-state index in [2.05, 4.69) is 60.8 Å². The fourth-order valence-electron chi connectivity index (χ4n) is 1.79. The lowest BCUT2D eigenvalue weighted by atomic mass is 10.1. The Hall–Kier alpha value is -0.640. The van der Waals surface area contributed by atoms with Crippen LogP contribution in [0.1, 0.15) is 64.9 Å². The zero-order valence-corrected chi connectivity index (χ0v) is 14.3. The average molecular weight is 328 g/mol. The van der Waals surface area contributed by atoms with Gasteiger partial charge in [-0.3, -0.25) is 0 Å². The van der Waals surface area contributed by atoms with E-state index in [0.717, 1.165) is 47.6 Å². The van der Waals surface area contributed by atoms with Crippen molar-refractivity contribution in [3.8, 4) is 0 Å². The summed E-state index contributed by atoms with van der Waals surface area (Å²) < 4.78 is 1.02. The van der Waals surface area contributed by atoms with Crippen molar-refractivity contribution in [3.63, 3.8) is 0 Å². The van der Waals surface area contributed by atoms with Crippen molar-refractivity contribution in [1.82, 2.24) is 9.97 Å². The van der Waals surface area contributed by atoms with Gasteiger partial charge in [0.15, 0.2) is 0 Å². The second kappa shape index (κ2) is 7.83. The number of rotatable bonds is 7. The summed E-state index contributed by atoms with van der Waals surface area (Å²) in [5.41, 5.74) is 1.10. The van der Waals surface area contributed by atoms with Gasteiger partial charge in [0.2, 0.25) is 0 Å². The molecule has 1 aromatic rings. The Morgan fingerprint density at radius 2 is 1.84 bits per heavy atom. The zero-order valence-electron chi connectivity index (χ0n) is 12.8. The quantitative estimate of drug-likeness (QED) is 0.783. The largest absolute Gasteiger partial charge is 0.369 e. The van der Waals surface area contributed by atoms with E-state index in [4.69, 9.17) is 4.98 Å². The van der Waals surface area contributed by atoms with Crippen molar-refractivity contribution >= 4 is 21.7 Å². The highest BCUT2D eigenvalue weighted by Crippen LogP contribution is 2.29. The molecule has 1 N–H and O–H groups in total. The van der Waals surface area contributed by atoms with Crippen LogP contribution in [0.5, 0.6) is 0 Å². The molecule has 0 atom stereocenters. The first kappa shape index (κ1) is 16.4. The van der Waals surface area contributed by atoms with Crippen molar-refractivity contribution in [3.05, 3.63) is 16.0 Å². The van der Waals surface area contributed by atoms with Crippen molar-refractivity contribution in [2.45, 2.75) is 59.8 Å². The molecule has 0 saturated carbocycles. The first-order valence-electron chi connectivity index (χ1n) is 7.25. The predicted molar refractivity (Wildman–Crippen MR) is 85.8 cm³/mol. The fraction of sp³-hybridized carbons (Fsp3) is 0.733. The molecule has 1 heterocycles. The van der Waals surface area contributed by atoms with E-state index in [0.29, 0.717) is 11.8 Å². The van der Waals surface area contributed by atoms with Crippen LogP contribution >= 0.6 is 15.9 Å². The second-order valence-electron chi connectivity index (χ2n) is 5.70. The summed E-state index contributed by atoms with van der Waals surface area (Å²) >= 11 is 3.64. The van der Waals surface area contributed by atoms with Crippen LogP contribution in [0.25, 0.3) is 0 Å². The zero-order chi connectivity index (χ0) is 14.4. The summed E-state index contributed by atoms with van der Waals surface area (Å²) in [6.45, 7) is 11.9. The van der Waals surface area contributed by atoms with E-state index < -0.39 is 0 Å². The van der Waals surface area contributed by atoms with E-state index in [1.54, 1.807) is 0 Å². The third-order valence-corrected chi connectivity index (χ3v) is 3.74. The van der Waals surface area contributed by atoms with Gasteiger partial charge in [-0.15, -0.1) is 0 Å². The maximum Gasteiger partial charge on any atom is 0.144 e. The lowest BCUT2D eigenvalue weighted by molar-refractivity contribution is 0.572. The molecule has 0 bridgehead atoms. The average Bonchev–Trinajstić information content (AvgIpc) is 2.35. The van der Waals surface area contributed by atoms with Gasteiger partial charge in [0.05, 0.1) is 10.2 Å².